The highest BCUT2D eigenvalue weighted by Gasteiger charge is 2.21. The van der Waals surface area contributed by atoms with Gasteiger partial charge in [-0.05, 0) is 25.8 Å². The van der Waals surface area contributed by atoms with Gasteiger partial charge in [-0.3, -0.25) is 9.69 Å². The first kappa shape index (κ1) is 8.68. The van der Waals surface area contributed by atoms with Gasteiger partial charge in [-0.2, -0.15) is 0 Å². The Labute approximate surface area is 67.0 Å². The number of aliphatic hydroxyl groups excluding tert-OH is 1. The zero-order valence-corrected chi connectivity index (χ0v) is 6.92. The number of rotatable bonds is 3. The molecule has 0 aromatic carbocycles. The number of Topliss-reactive ketones (excluding diaryl/α,β-unsaturated/α-hetero) is 1. The Morgan fingerprint density at radius 2 is 2.45 bits per heavy atom. The van der Waals surface area contributed by atoms with Gasteiger partial charge in [0.25, 0.3) is 0 Å². The van der Waals surface area contributed by atoms with Gasteiger partial charge in [-0.1, -0.05) is 0 Å². The lowest BCUT2D eigenvalue weighted by Crippen LogP contribution is -2.26. The summed E-state index contributed by atoms with van der Waals surface area (Å²) >= 11 is 0. The number of nitrogens with zero attached hydrogens (tertiary/aromatic N) is 1. The van der Waals surface area contributed by atoms with E-state index in [0.717, 1.165) is 19.5 Å². The van der Waals surface area contributed by atoms with Gasteiger partial charge in [-0.25, -0.2) is 0 Å². The van der Waals surface area contributed by atoms with Gasteiger partial charge in [0.2, 0.25) is 0 Å². The van der Waals surface area contributed by atoms with E-state index in [0.29, 0.717) is 12.5 Å². The van der Waals surface area contributed by atoms with Gasteiger partial charge in [0.15, 0.2) is 0 Å². The summed E-state index contributed by atoms with van der Waals surface area (Å²) in [5.41, 5.74) is 0. The molecule has 3 heteroatoms. The van der Waals surface area contributed by atoms with Crippen molar-refractivity contribution in [2.45, 2.75) is 13.3 Å². The smallest absolute Gasteiger partial charge is 0.143 e. The highest BCUT2D eigenvalue weighted by Crippen LogP contribution is 2.14. The number of aliphatic hydroxyl groups is 1. The van der Waals surface area contributed by atoms with E-state index < -0.39 is 0 Å². The van der Waals surface area contributed by atoms with Crippen LogP contribution >= 0.6 is 0 Å². The van der Waals surface area contributed by atoms with Crippen molar-refractivity contribution in [3.63, 3.8) is 0 Å². The first-order valence-corrected chi connectivity index (χ1v) is 4.05. The van der Waals surface area contributed by atoms with Crippen molar-refractivity contribution in [1.29, 1.82) is 0 Å². The summed E-state index contributed by atoms with van der Waals surface area (Å²) in [5.74, 6) is 0.609. The van der Waals surface area contributed by atoms with Crippen LogP contribution in [-0.2, 0) is 4.79 Å². The van der Waals surface area contributed by atoms with Crippen molar-refractivity contribution in [2.24, 2.45) is 5.92 Å². The minimum absolute atomic E-state index is 0.212. The third-order valence-electron chi connectivity index (χ3n) is 2.07. The van der Waals surface area contributed by atoms with E-state index in [-0.39, 0.29) is 12.4 Å². The highest BCUT2D eigenvalue weighted by molar-refractivity contribution is 5.77. The molecular formula is C8H15NO2. The normalized spacial score (nSPS) is 25.8. The monoisotopic (exact) mass is 157 g/mol. The van der Waals surface area contributed by atoms with E-state index in [1.165, 1.54) is 0 Å². The average Bonchev–Trinajstić information content (AvgIpc) is 2.34. The molecule has 0 aromatic heterocycles. The molecular weight excluding hydrogens is 142 g/mol. The highest BCUT2D eigenvalue weighted by atomic mass is 16.3. The summed E-state index contributed by atoms with van der Waals surface area (Å²) in [6.45, 7) is 4.26. The topological polar surface area (TPSA) is 40.5 Å². The van der Waals surface area contributed by atoms with E-state index in [2.05, 4.69) is 4.90 Å². The number of likely N-dealkylation sites (tertiary alicyclic amines) is 1. The van der Waals surface area contributed by atoms with Crippen LogP contribution in [0.2, 0.25) is 0 Å². The summed E-state index contributed by atoms with van der Waals surface area (Å²) < 4.78 is 0. The molecule has 11 heavy (non-hydrogen) atoms. The van der Waals surface area contributed by atoms with Crippen LogP contribution in [0.1, 0.15) is 13.3 Å². The summed E-state index contributed by atoms with van der Waals surface area (Å²) in [6, 6.07) is 0. The summed E-state index contributed by atoms with van der Waals surface area (Å²) in [7, 11) is 0. The molecule has 0 amide bonds. The van der Waals surface area contributed by atoms with Gasteiger partial charge in [0.1, 0.15) is 5.78 Å². The zero-order chi connectivity index (χ0) is 8.27. The van der Waals surface area contributed by atoms with Crippen LogP contribution in [0.5, 0.6) is 0 Å². The first-order valence-electron chi connectivity index (χ1n) is 4.05. The molecule has 0 aliphatic carbocycles. The van der Waals surface area contributed by atoms with E-state index >= 15 is 0 Å². The predicted octanol–water partition coefficient (Wildman–Crippen LogP) is -0.110. The number of ketones is 1. The first-order chi connectivity index (χ1) is 5.22. The fourth-order valence-electron chi connectivity index (χ4n) is 1.52. The number of carbonyl (C=O) groups is 1. The van der Waals surface area contributed by atoms with Crippen LogP contribution in [0.4, 0.5) is 0 Å². The third-order valence-corrected chi connectivity index (χ3v) is 2.07. The second kappa shape index (κ2) is 3.83. The molecule has 0 spiro atoms. The number of hydrogen-bond donors (Lipinski definition) is 1. The molecule has 1 fully saturated rings. The second-order valence-electron chi connectivity index (χ2n) is 3.27. The average molecular weight is 157 g/mol. The van der Waals surface area contributed by atoms with Crippen molar-refractivity contribution >= 4 is 5.78 Å². The van der Waals surface area contributed by atoms with Gasteiger partial charge in [0.05, 0.1) is 6.54 Å². The Balaban J connectivity index is 2.24. The van der Waals surface area contributed by atoms with Crippen LogP contribution in [-0.4, -0.2) is 42.0 Å². The second-order valence-corrected chi connectivity index (χ2v) is 3.27. The van der Waals surface area contributed by atoms with Crippen molar-refractivity contribution in [3.8, 4) is 0 Å². The minimum Gasteiger partial charge on any atom is -0.396 e. The lowest BCUT2D eigenvalue weighted by molar-refractivity contribution is -0.117. The molecule has 1 rings (SSSR count). The van der Waals surface area contributed by atoms with E-state index in [4.69, 9.17) is 5.11 Å². The van der Waals surface area contributed by atoms with Crippen LogP contribution in [0, 0.1) is 5.92 Å². The summed E-state index contributed by atoms with van der Waals surface area (Å²) in [6.07, 6.45) is 1.03. The molecule has 0 radical (unpaired) electrons. The van der Waals surface area contributed by atoms with Crippen molar-refractivity contribution in [2.75, 3.05) is 26.2 Å². The minimum atomic E-state index is 0.212. The van der Waals surface area contributed by atoms with Crippen LogP contribution in [0.25, 0.3) is 0 Å². The molecule has 1 N–H and O–H groups in total. The molecule has 1 aliphatic heterocycles. The molecule has 1 unspecified atom stereocenters. The Morgan fingerprint density at radius 3 is 2.91 bits per heavy atom. The predicted molar refractivity (Wildman–Crippen MR) is 42.3 cm³/mol. The maximum absolute atomic E-state index is 10.7. The maximum atomic E-state index is 10.7. The Kier molecular flexibility index (Phi) is 3.02. The molecule has 1 atom stereocenters. The molecule has 64 valence electrons. The molecule has 3 nitrogen and oxygen atoms in total. The van der Waals surface area contributed by atoms with Crippen molar-refractivity contribution in [3.05, 3.63) is 0 Å². The molecule has 0 saturated carbocycles. The van der Waals surface area contributed by atoms with Crippen LogP contribution in [0.15, 0.2) is 0 Å². The number of carbonyl (C=O) groups excluding carboxylic acids is 1. The van der Waals surface area contributed by atoms with E-state index in [1.807, 2.05) is 0 Å². The Hall–Kier alpha value is -0.410. The fraction of sp³-hybridized carbons (Fsp3) is 0.875. The quantitative estimate of drug-likeness (QED) is 0.621. The zero-order valence-electron chi connectivity index (χ0n) is 6.92. The van der Waals surface area contributed by atoms with Gasteiger partial charge >= 0.3 is 0 Å². The molecule has 0 bridgehead atoms. The van der Waals surface area contributed by atoms with E-state index in [1.54, 1.807) is 6.92 Å². The molecule has 1 aliphatic rings. The Bertz CT molecular complexity index is 147. The SMILES string of the molecule is CC(=O)CN1CCC(CO)C1. The fourth-order valence-corrected chi connectivity index (χ4v) is 1.52. The van der Waals surface area contributed by atoms with E-state index in [9.17, 15) is 4.79 Å². The maximum Gasteiger partial charge on any atom is 0.143 e. The Morgan fingerprint density at radius 1 is 1.73 bits per heavy atom. The summed E-state index contributed by atoms with van der Waals surface area (Å²) in [5, 5.41) is 8.81. The third kappa shape index (κ3) is 2.60. The lowest BCUT2D eigenvalue weighted by Gasteiger charge is -2.12. The van der Waals surface area contributed by atoms with Gasteiger partial charge in [0, 0.05) is 13.2 Å². The largest absolute Gasteiger partial charge is 0.396 e. The summed E-state index contributed by atoms with van der Waals surface area (Å²) in [4.78, 5) is 12.8. The molecule has 1 heterocycles. The molecule has 1 saturated heterocycles. The van der Waals surface area contributed by atoms with Gasteiger partial charge in [-0.15, -0.1) is 0 Å². The lowest BCUT2D eigenvalue weighted by atomic mass is 10.1. The number of hydrogen-bond acceptors (Lipinski definition) is 3. The standard InChI is InChI=1S/C8H15NO2/c1-7(11)4-9-3-2-8(5-9)6-10/h8,10H,2-6H2,1H3. The van der Waals surface area contributed by atoms with Gasteiger partial charge < -0.3 is 5.11 Å². The van der Waals surface area contributed by atoms with Crippen LogP contribution < -0.4 is 0 Å². The van der Waals surface area contributed by atoms with Crippen molar-refractivity contribution in [1.82, 2.24) is 4.90 Å². The van der Waals surface area contributed by atoms with Crippen molar-refractivity contribution < 1.29 is 9.90 Å². The van der Waals surface area contributed by atoms with Crippen LogP contribution in [0.3, 0.4) is 0 Å². The molecule has 0 aromatic rings.